The average Bonchev–Trinajstić information content (AvgIpc) is 2.81. The first-order valence-corrected chi connectivity index (χ1v) is 7.66. The van der Waals surface area contributed by atoms with Gasteiger partial charge in [-0.2, -0.15) is 4.31 Å². The molecule has 2 fully saturated rings. The van der Waals surface area contributed by atoms with Crippen LogP contribution >= 0.6 is 0 Å². The van der Waals surface area contributed by atoms with Gasteiger partial charge in [0.1, 0.15) is 0 Å². The summed E-state index contributed by atoms with van der Waals surface area (Å²) in [5.74, 6) is 0.158. The van der Waals surface area contributed by atoms with Crippen LogP contribution in [0.2, 0.25) is 0 Å². The van der Waals surface area contributed by atoms with E-state index >= 15 is 0 Å². The maximum atomic E-state index is 12.2. The summed E-state index contributed by atoms with van der Waals surface area (Å²) in [7, 11) is -3.23. The molecule has 0 amide bonds. The number of hydrogen-bond donors (Lipinski definition) is 2. The van der Waals surface area contributed by atoms with Crippen molar-refractivity contribution >= 4 is 10.0 Å². The van der Waals surface area contributed by atoms with Crippen LogP contribution in [-0.4, -0.2) is 68.6 Å². The summed E-state index contributed by atoms with van der Waals surface area (Å²) in [6.45, 7) is 1.80. The quantitative estimate of drug-likeness (QED) is 0.664. The normalized spacial score (nSPS) is 31.8. The molecular formula is C10H20N2O4S. The smallest absolute Gasteiger partial charge is 0.215 e. The molecule has 2 atom stereocenters. The van der Waals surface area contributed by atoms with Gasteiger partial charge < -0.3 is 15.2 Å². The van der Waals surface area contributed by atoms with Crippen LogP contribution in [0.15, 0.2) is 0 Å². The molecule has 0 aromatic heterocycles. The number of rotatable bonds is 4. The van der Waals surface area contributed by atoms with E-state index in [0.717, 1.165) is 19.4 Å². The van der Waals surface area contributed by atoms with Crippen LogP contribution in [0.4, 0.5) is 0 Å². The fourth-order valence-corrected chi connectivity index (χ4v) is 4.06. The Balaban J connectivity index is 1.94. The second-order valence-electron chi connectivity index (χ2n) is 4.61. The first kappa shape index (κ1) is 13.2. The average molecular weight is 264 g/mol. The molecule has 0 aromatic carbocycles. The van der Waals surface area contributed by atoms with Gasteiger partial charge in [-0.15, -0.1) is 0 Å². The molecule has 0 bridgehead atoms. The number of nitrogens with zero attached hydrogens (tertiary/aromatic N) is 1. The number of nitrogens with one attached hydrogen (secondary N) is 1. The Morgan fingerprint density at radius 2 is 2.29 bits per heavy atom. The number of ether oxygens (including phenoxy) is 1. The van der Waals surface area contributed by atoms with E-state index < -0.39 is 10.0 Å². The first-order valence-electron chi connectivity index (χ1n) is 6.05. The molecule has 0 aromatic rings. The summed E-state index contributed by atoms with van der Waals surface area (Å²) in [5, 5.41) is 12.2. The number of morpholine rings is 1. The maximum absolute atomic E-state index is 12.2. The van der Waals surface area contributed by atoms with Crippen molar-refractivity contribution in [2.45, 2.75) is 25.0 Å². The highest BCUT2D eigenvalue weighted by Crippen LogP contribution is 2.14. The van der Waals surface area contributed by atoms with Crippen molar-refractivity contribution in [3.8, 4) is 0 Å². The van der Waals surface area contributed by atoms with Gasteiger partial charge >= 0.3 is 0 Å². The van der Waals surface area contributed by atoms with Crippen molar-refractivity contribution in [2.24, 2.45) is 0 Å². The molecule has 0 aliphatic carbocycles. The molecule has 2 aliphatic rings. The monoisotopic (exact) mass is 264 g/mol. The third kappa shape index (κ3) is 3.38. The highest BCUT2D eigenvalue weighted by atomic mass is 32.2. The fraction of sp³-hybridized carbons (Fsp3) is 1.00. The predicted octanol–water partition coefficient (Wildman–Crippen LogP) is -1.24. The largest absolute Gasteiger partial charge is 0.394 e. The van der Waals surface area contributed by atoms with Crippen LogP contribution in [0.3, 0.4) is 0 Å². The Kier molecular flexibility index (Phi) is 4.37. The van der Waals surface area contributed by atoms with E-state index in [2.05, 4.69) is 5.32 Å². The molecule has 2 saturated heterocycles. The Bertz CT molecular complexity index is 340. The van der Waals surface area contributed by atoms with Crippen LogP contribution in [-0.2, 0) is 14.8 Å². The van der Waals surface area contributed by atoms with Gasteiger partial charge in [0.05, 0.1) is 25.1 Å². The molecule has 2 N–H and O–H groups in total. The summed E-state index contributed by atoms with van der Waals surface area (Å²) >= 11 is 0. The standard InChI is InChI=1S/C10H20N2O4S/c13-7-10-6-12(4-5-16-10)17(14,15)8-9-2-1-3-11-9/h9-11,13H,1-8H2. The lowest BCUT2D eigenvalue weighted by Gasteiger charge is -2.31. The van der Waals surface area contributed by atoms with Gasteiger partial charge in [-0.25, -0.2) is 8.42 Å². The lowest BCUT2D eigenvalue weighted by molar-refractivity contribution is -0.0304. The number of sulfonamides is 1. The van der Waals surface area contributed by atoms with Gasteiger partial charge in [0.25, 0.3) is 0 Å². The highest BCUT2D eigenvalue weighted by molar-refractivity contribution is 7.89. The van der Waals surface area contributed by atoms with Crippen LogP contribution in [0.25, 0.3) is 0 Å². The number of aliphatic hydroxyl groups is 1. The minimum atomic E-state index is -3.23. The third-order valence-corrected chi connectivity index (χ3v) is 5.21. The number of hydrogen-bond acceptors (Lipinski definition) is 5. The SMILES string of the molecule is O=S(=O)(CC1CCCN1)N1CCOC(CO)C1. The van der Waals surface area contributed by atoms with Crippen molar-refractivity contribution in [2.75, 3.05) is 38.6 Å². The molecule has 2 aliphatic heterocycles. The molecule has 2 heterocycles. The van der Waals surface area contributed by atoms with Gasteiger partial charge in [-0.3, -0.25) is 0 Å². The molecule has 2 rings (SSSR count). The third-order valence-electron chi connectivity index (χ3n) is 3.27. The predicted molar refractivity (Wildman–Crippen MR) is 63.2 cm³/mol. The second kappa shape index (κ2) is 5.62. The van der Waals surface area contributed by atoms with Crippen LogP contribution in [0.5, 0.6) is 0 Å². The van der Waals surface area contributed by atoms with E-state index in [-0.39, 0.29) is 31.1 Å². The first-order chi connectivity index (χ1) is 8.12. The molecule has 100 valence electrons. The zero-order chi connectivity index (χ0) is 12.3. The number of aliphatic hydroxyl groups excluding tert-OH is 1. The van der Waals surface area contributed by atoms with E-state index in [4.69, 9.17) is 9.84 Å². The molecule has 0 spiro atoms. The van der Waals surface area contributed by atoms with Crippen molar-refractivity contribution < 1.29 is 18.3 Å². The lowest BCUT2D eigenvalue weighted by Crippen LogP contribution is -2.49. The Hall–Kier alpha value is -0.210. The van der Waals surface area contributed by atoms with Crippen molar-refractivity contribution in [3.05, 3.63) is 0 Å². The zero-order valence-electron chi connectivity index (χ0n) is 9.84. The van der Waals surface area contributed by atoms with Crippen LogP contribution < -0.4 is 5.32 Å². The fourth-order valence-electron chi connectivity index (χ4n) is 2.31. The lowest BCUT2D eigenvalue weighted by atomic mass is 10.3. The van der Waals surface area contributed by atoms with Gasteiger partial charge in [0.15, 0.2) is 0 Å². The van der Waals surface area contributed by atoms with Gasteiger partial charge in [0.2, 0.25) is 10.0 Å². The van der Waals surface area contributed by atoms with Crippen LogP contribution in [0, 0.1) is 0 Å². The van der Waals surface area contributed by atoms with E-state index in [1.165, 1.54) is 4.31 Å². The Morgan fingerprint density at radius 3 is 2.94 bits per heavy atom. The molecular weight excluding hydrogens is 244 g/mol. The van der Waals surface area contributed by atoms with Crippen molar-refractivity contribution in [1.29, 1.82) is 0 Å². The van der Waals surface area contributed by atoms with E-state index in [1.807, 2.05) is 0 Å². The molecule has 6 nitrogen and oxygen atoms in total. The van der Waals surface area contributed by atoms with E-state index in [9.17, 15) is 8.42 Å². The molecule has 0 radical (unpaired) electrons. The van der Waals surface area contributed by atoms with Crippen molar-refractivity contribution in [1.82, 2.24) is 9.62 Å². The van der Waals surface area contributed by atoms with Gasteiger partial charge in [-0.1, -0.05) is 0 Å². The molecule has 17 heavy (non-hydrogen) atoms. The summed E-state index contributed by atoms with van der Waals surface area (Å²) in [4.78, 5) is 0. The Labute approximate surface area is 102 Å². The molecule has 2 unspecified atom stereocenters. The minimum absolute atomic E-state index is 0.0791. The highest BCUT2D eigenvalue weighted by Gasteiger charge is 2.31. The summed E-state index contributed by atoms with van der Waals surface area (Å²) in [5.41, 5.74) is 0. The minimum Gasteiger partial charge on any atom is -0.394 e. The van der Waals surface area contributed by atoms with Crippen molar-refractivity contribution in [3.63, 3.8) is 0 Å². The van der Waals surface area contributed by atoms with Gasteiger partial charge in [0, 0.05) is 19.1 Å². The Morgan fingerprint density at radius 1 is 1.47 bits per heavy atom. The summed E-state index contributed by atoms with van der Waals surface area (Å²) in [6.07, 6.45) is 1.59. The second-order valence-corrected chi connectivity index (χ2v) is 6.62. The molecule has 0 saturated carbocycles. The van der Waals surface area contributed by atoms with E-state index in [1.54, 1.807) is 0 Å². The molecule has 7 heteroatoms. The topological polar surface area (TPSA) is 78.9 Å². The summed E-state index contributed by atoms with van der Waals surface area (Å²) in [6, 6.07) is 0.0791. The van der Waals surface area contributed by atoms with E-state index in [0.29, 0.717) is 13.2 Å². The summed E-state index contributed by atoms with van der Waals surface area (Å²) < 4.78 is 31.0. The van der Waals surface area contributed by atoms with Crippen LogP contribution in [0.1, 0.15) is 12.8 Å². The van der Waals surface area contributed by atoms with Gasteiger partial charge in [-0.05, 0) is 19.4 Å². The zero-order valence-corrected chi connectivity index (χ0v) is 10.7. The maximum Gasteiger partial charge on any atom is 0.215 e.